The van der Waals surface area contributed by atoms with Gasteiger partial charge in [0, 0.05) is 0 Å². The largest absolute Gasteiger partial charge is 1.00 e. The summed E-state index contributed by atoms with van der Waals surface area (Å²) in [5.41, 5.74) is 0. The van der Waals surface area contributed by atoms with Crippen LogP contribution < -0.4 is 29.6 Å². The van der Waals surface area contributed by atoms with E-state index in [-0.39, 0.29) is 36.0 Å². The van der Waals surface area contributed by atoms with Gasteiger partial charge in [-0.3, -0.25) is 4.79 Å². The molecule has 15 heteroatoms. The second-order valence-electron chi connectivity index (χ2n) is 9.18. The van der Waals surface area contributed by atoms with E-state index in [0.29, 0.717) is 12.8 Å². The van der Waals surface area contributed by atoms with Crippen molar-refractivity contribution in [3.8, 4) is 0 Å². The van der Waals surface area contributed by atoms with E-state index in [9.17, 15) is 52.9 Å². The Bertz CT molecular complexity index is 754. The van der Waals surface area contributed by atoms with Gasteiger partial charge in [-0.1, -0.05) is 96.8 Å². The van der Waals surface area contributed by atoms with E-state index in [0.717, 1.165) is 32.1 Å². The molecule has 222 valence electrons. The van der Waals surface area contributed by atoms with Crippen molar-refractivity contribution in [1.29, 1.82) is 0 Å². The Morgan fingerprint density at radius 3 is 1.47 bits per heavy atom. The number of rotatable bonds is 22. The van der Waals surface area contributed by atoms with Crippen LogP contribution in [0.15, 0.2) is 0 Å². The Hall–Kier alpha value is -0.180. The van der Waals surface area contributed by atoms with Crippen LogP contribution in [0.5, 0.6) is 0 Å². The van der Waals surface area contributed by atoms with E-state index < -0.39 is 58.6 Å². The molecule has 0 heterocycles. The third kappa shape index (κ3) is 13.9. The molecule has 0 saturated heterocycles. The molecule has 0 aliphatic heterocycles. The Morgan fingerprint density at radius 1 is 0.763 bits per heavy atom. The van der Waals surface area contributed by atoms with Crippen molar-refractivity contribution >= 4 is 16.1 Å². The van der Waals surface area contributed by atoms with Crippen LogP contribution in [0.2, 0.25) is 0 Å². The minimum atomic E-state index is -6.62. The number of halogens is 8. The molecule has 0 saturated carbocycles. The van der Waals surface area contributed by atoms with Crippen LogP contribution in [-0.2, 0) is 19.6 Å². The van der Waals surface area contributed by atoms with Crippen molar-refractivity contribution in [3.05, 3.63) is 0 Å². The summed E-state index contributed by atoms with van der Waals surface area (Å²) >= 11 is 0. The third-order valence-electron chi connectivity index (χ3n) is 5.98. The van der Waals surface area contributed by atoms with Gasteiger partial charge in [0.25, 0.3) is 0 Å². The summed E-state index contributed by atoms with van der Waals surface area (Å²) in [7, 11) is -5.45. The van der Waals surface area contributed by atoms with Crippen LogP contribution in [-0.4, -0.2) is 55.0 Å². The number of carbonyl (C=O) groups is 1. The molecular weight excluding hydrogens is 563 g/mol. The summed E-state index contributed by atoms with van der Waals surface area (Å²) in [5, 5.41) is -2.52. The maximum atomic E-state index is 13.5. The molecule has 5 nitrogen and oxygen atoms in total. The minimum Gasteiger partial charge on any atom is -0.747 e. The molecule has 0 spiro atoms. The van der Waals surface area contributed by atoms with Gasteiger partial charge < -0.3 is 9.29 Å². The van der Waals surface area contributed by atoms with Gasteiger partial charge in [-0.25, -0.2) is 17.2 Å². The maximum absolute atomic E-state index is 13.5. The number of hydrogen-bond acceptors (Lipinski definition) is 5. The number of alkyl halides is 8. The molecular formula is C23H37F8NaO5S. The van der Waals surface area contributed by atoms with Gasteiger partial charge in [0.05, 0.1) is 0 Å². The van der Waals surface area contributed by atoms with Crippen LogP contribution in [0.4, 0.5) is 35.1 Å². The zero-order valence-electron chi connectivity index (χ0n) is 21.9. The van der Waals surface area contributed by atoms with E-state index in [2.05, 4.69) is 11.7 Å². The van der Waals surface area contributed by atoms with Crippen LogP contribution in [0.3, 0.4) is 0 Å². The van der Waals surface area contributed by atoms with Crippen molar-refractivity contribution in [2.45, 2.75) is 133 Å². The second kappa shape index (κ2) is 19.0. The smallest absolute Gasteiger partial charge is 0.747 e. The molecule has 0 fully saturated rings. The molecule has 0 amide bonds. The van der Waals surface area contributed by atoms with E-state index >= 15 is 0 Å². The van der Waals surface area contributed by atoms with E-state index in [4.69, 9.17) is 0 Å². The SMILES string of the molecule is CCCCCCCCCCCCCCCCC(C(=O)OCC(F)(F)C(F)(F)C(F)(F)C(F)F)S(=O)(=O)[O-].[Na+]. The summed E-state index contributed by atoms with van der Waals surface area (Å²) in [6.45, 7) is -0.655. The molecule has 0 aromatic heterocycles. The van der Waals surface area contributed by atoms with Crippen LogP contribution in [0.25, 0.3) is 0 Å². The summed E-state index contributed by atoms with van der Waals surface area (Å²) < 4.78 is 141. The van der Waals surface area contributed by atoms with Crippen molar-refractivity contribution < 1.29 is 87.2 Å². The third-order valence-corrected chi connectivity index (χ3v) is 7.10. The molecule has 1 unspecified atom stereocenters. The number of ether oxygens (including phenoxy) is 1. The zero-order chi connectivity index (χ0) is 28.8. The first-order valence-corrected chi connectivity index (χ1v) is 14.0. The molecule has 0 bridgehead atoms. The summed E-state index contributed by atoms with van der Waals surface area (Å²) in [5.74, 6) is -21.2. The molecule has 0 rings (SSSR count). The molecule has 38 heavy (non-hydrogen) atoms. The summed E-state index contributed by atoms with van der Waals surface area (Å²) in [6.07, 6.45) is 7.52. The Morgan fingerprint density at radius 2 is 1.13 bits per heavy atom. The number of unbranched alkanes of at least 4 members (excludes halogenated alkanes) is 13. The van der Waals surface area contributed by atoms with Crippen LogP contribution >= 0.6 is 0 Å². The molecule has 0 aromatic rings. The van der Waals surface area contributed by atoms with Crippen LogP contribution in [0, 0.1) is 0 Å². The van der Waals surface area contributed by atoms with Gasteiger partial charge in [0.15, 0.2) is 6.61 Å². The predicted octanol–water partition coefficient (Wildman–Crippen LogP) is 4.49. The Balaban J connectivity index is 0. The summed E-state index contributed by atoms with van der Waals surface area (Å²) in [4.78, 5) is 11.8. The number of carbonyl (C=O) groups excluding carboxylic acids is 1. The van der Waals surface area contributed by atoms with Crippen molar-refractivity contribution in [3.63, 3.8) is 0 Å². The van der Waals surface area contributed by atoms with Gasteiger partial charge in [-0.05, 0) is 6.42 Å². The first-order valence-electron chi connectivity index (χ1n) is 12.5. The predicted molar refractivity (Wildman–Crippen MR) is 120 cm³/mol. The van der Waals surface area contributed by atoms with Crippen molar-refractivity contribution in [1.82, 2.24) is 0 Å². The quantitative estimate of drug-likeness (QED) is 0.0602. The summed E-state index contributed by atoms with van der Waals surface area (Å²) in [6, 6.07) is 0. The number of hydrogen-bond donors (Lipinski definition) is 0. The van der Waals surface area contributed by atoms with Gasteiger partial charge >= 0.3 is 59.7 Å². The average molecular weight is 601 g/mol. The van der Waals surface area contributed by atoms with Crippen molar-refractivity contribution in [2.24, 2.45) is 0 Å². The van der Waals surface area contributed by atoms with E-state index in [1.807, 2.05) is 0 Å². The molecule has 0 aliphatic rings. The monoisotopic (exact) mass is 600 g/mol. The molecule has 1 atom stereocenters. The Labute approximate surface area is 241 Å². The van der Waals surface area contributed by atoms with Crippen molar-refractivity contribution in [2.75, 3.05) is 6.61 Å². The van der Waals surface area contributed by atoms with Crippen LogP contribution in [0.1, 0.15) is 103 Å². The van der Waals surface area contributed by atoms with Gasteiger partial charge in [-0.2, -0.15) is 26.3 Å². The normalized spacial score (nSPS) is 13.9. The van der Waals surface area contributed by atoms with Gasteiger partial charge in [0.2, 0.25) is 0 Å². The zero-order valence-corrected chi connectivity index (χ0v) is 24.8. The Kier molecular flexibility index (Phi) is 20.0. The van der Waals surface area contributed by atoms with E-state index in [1.165, 1.54) is 38.5 Å². The van der Waals surface area contributed by atoms with Gasteiger partial charge in [0.1, 0.15) is 15.4 Å². The molecule has 0 radical (unpaired) electrons. The maximum Gasteiger partial charge on any atom is 1.00 e. The molecule has 0 aliphatic carbocycles. The average Bonchev–Trinajstić information content (AvgIpc) is 2.79. The second-order valence-corrected chi connectivity index (χ2v) is 10.7. The number of esters is 1. The van der Waals surface area contributed by atoms with E-state index in [1.54, 1.807) is 0 Å². The fourth-order valence-corrected chi connectivity index (χ4v) is 4.39. The minimum absolute atomic E-state index is 0. The standard InChI is InChI=1S/C23H38F8O5S.Na/c1-2-3-4-5-6-7-8-9-10-11-12-13-14-15-16-18(37(33,34)35)19(32)36-17-21(26,27)23(30,31)22(28,29)20(24)25;/h18,20H,2-17H2,1H3,(H,33,34,35);/q;+1/p-1. The topological polar surface area (TPSA) is 83.5 Å². The molecule has 0 aromatic carbocycles. The first-order chi connectivity index (χ1) is 17.0. The van der Waals surface area contributed by atoms with Gasteiger partial charge in [-0.15, -0.1) is 0 Å². The fraction of sp³-hybridized carbons (Fsp3) is 0.957. The fourth-order valence-electron chi connectivity index (χ4n) is 3.63. The first kappa shape index (κ1) is 40.0. The molecule has 0 N–H and O–H groups in total.